The summed E-state index contributed by atoms with van der Waals surface area (Å²) in [6.07, 6.45) is 1.81. The second-order valence-corrected chi connectivity index (χ2v) is 5.74. The average Bonchev–Trinajstić information content (AvgIpc) is 2.59. The zero-order valence-corrected chi connectivity index (χ0v) is 13.0. The van der Waals surface area contributed by atoms with Gasteiger partial charge in [-0.05, 0) is 36.1 Å². The number of hydrogen-bond acceptors (Lipinski definition) is 2. The summed E-state index contributed by atoms with van der Waals surface area (Å²) >= 11 is 0. The van der Waals surface area contributed by atoms with Crippen molar-refractivity contribution in [2.45, 2.75) is 18.9 Å². The van der Waals surface area contributed by atoms with E-state index in [1.54, 1.807) is 6.07 Å². The molecule has 3 aromatic carbocycles. The Kier molecular flexibility index (Phi) is 4.95. The van der Waals surface area contributed by atoms with Crippen molar-refractivity contribution in [3.8, 4) is 5.75 Å². The van der Waals surface area contributed by atoms with Crippen molar-refractivity contribution in [2.75, 3.05) is 5.32 Å². The Hall–Kier alpha value is -2.74. The van der Waals surface area contributed by atoms with Crippen molar-refractivity contribution < 1.29 is 5.11 Å². The first kappa shape index (κ1) is 15.2. The summed E-state index contributed by atoms with van der Waals surface area (Å²) in [4.78, 5) is 0. The summed E-state index contributed by atoms with van der Waals surface area (Å²) in [5.41, 5.74) is 3.36. The molecule has 116 valence electrons. The number of nitrogens with one attached hydrogen (secondary N) is 1. The number of phenolic OH excluding ortho intramolecular Hbond substituents is 1. The topological polar surface area (TPSA) is 32.3 Å². The van der Waals surface area contributed by atoms with Gasteiger partial charge in [0.25, 0.3) is 0 Å². The van der Waals surface area contributed by atoms with E-state index in [1.165, 1.54) is 11.1 Å². The normalized spacial score (nSPS) is 10.7. The molecule has 0 aliphatic heterocycles. The third-order valence-corrected chi connectivity index (χ3v) is 3.91. The Morgan fingerprint density at radius 1 is 0.652 bits per heavy atom. The van der Waals surface area contributed by atoms with Crippen molar-refractivity contribution in [1.82, 2.24) is 0 Å². The Bertz CT molecular complexity index is 684. The first-order valence-electron chi connectivity index (χ1n) is 7.93. The molecule has 0 unspecified atom stereocenters. The summed E-state index contributed by atoms with van der Waals surface area (Å²) < 4.78 is 0. The van der Waals surface area contributed by atoms with E-state index >= 15 is 0 Å². The zero-order valence-electron chi connectivity index (χ0n) is 13.0. The average molecular weight is 303 g/mol. The molecule has 0 bridgehead atoms. The molecule has 0 atom stereocenters. The molecule has 2 nitrogen and oxygen atoms in total. The molecule has 2 heteroatoms. The number of rotatable bonds is 6. The second kappa shape index (κ2) is 7.50. The van der Waals surface area contributed by atoms with Crippen LogP contribution in [0, 0.1) is 0 Å². The van der Waals surface area contributed by atoms with Crippen LogP contribution in [0.4, 0.5) is 5.69 Å². The van der Waals surface area contributed by atoms with Gasteiger partial charge in [-0.25, -0.2) is 0 Å². The summed E-state index contributed by atoms with van der Waals surface area (Å²) in [6.45, 7) is 0. The molecule has 0 spiro atoms. The lowest BCUT2D eigenvalue weighted by Crippen LogP contribution is -2.25. The van der Waals surface area contributed by atoms with Crippen LogP contribution in [0.25, 0.3) is 0 Å². The lowest BCUT2D eigenvalue weighted by atomic mass is 9.98. The Balaban J connectivity index is 1.79. The van der Waals surface area contributed by atoms with Crippen molar-refractivity contribution in [2.24, 2.45) is 0 Å². The van der Waals surface area contributed by atoms with E-state index in [9.17, 15) is 5.11 Å². The van der Waals surface area contributed by atoms with E-state index in [1.807, 2.05) is 30.3 Å². The van der Waals surface area contributed by atoms with Gasteiger partial charge in [0, 0.05) is 6.04 Å². The zero-order chi connectivity index (χ0) is 15.9. The standard InChI is InChI=1S/C21H21NO/c23-21-14-8-7-13-20(21)22-19(15-17-9-3-1-4-10-17)16-18-11-5-2-6-12-18/h1-14,19,22-23H,15-16H2. The molecule has 23 heavy (non-hydrogen) atoms. The highest BCUT2D eigenvalue weighted by molar-refractivity contribution is 5.56. The molecule has 0 amide bonds. The lowest BCUT2D eigenvalue weighted by Gasteiger charge is -2.21. The van der Waals surface area contributed by atoms with Crippen molar-refractivity contribution in [1.29, 1.82) is 0 Å². The van der Waals surface area contributed by atoms with Gasteiger partial charge in [-0.3, -0.25) is 0 Å². The third kappa shape index (κ3) is 4.36. The fraction of sp³-hybridized carbons (Fsp3) is 0.143. The highest BCUT2D eigenvalue weighted by atomic mass is 16.3. The van der Waals surface area contributed by atoms with Crippen LogP contribution in [0.15, 0.2) is 84.9 Å². The van der Waals surface area contributed by atoms with Gasteiger partial charge < -0.3 is 10.4 Å². The molecule has 0 heterocycles. The summed E-state index contributed by atoms with van der Waals surface area (Å²) in [7, 11) is 0. The van der Waals surface area contributed by atoms with E-state index < -0.39 is 0 Å². The van der Waals surface area contributed by atoms with Crippen LogP contribution >= 0.6 is 0 Å². The number of aromatic hydroxyl groups is 1. The first-order valence-corrected chi connectivity index (χ1v) is 7.93. The Labute approximate surface area is 137 Å². The predicted octanol–water partition coefficient (Wildman–Crippen LogP) is 4.66. The molecule has 3 rings (SSSR count). The highest BCUT2D eigenvalue weighted by Gasteiger charge is 2.12. The lowest BCUT2D eigenvalue weighted by molar-refractivity contribution is 0.476. The van der Waals surface area contributed by atoms with Crippen molar-refractivity contribution >= 4 is 5.69 Å². The summed E-state index contributed by atoms with van der Waals surface area (Å²) in [6, 6.07) is 28.5. The maximum absolute atomic E-state index is 10.0. The van der Waals surface area contributed by atoms with E-state index in [-0.39, 0.29) is 6.04 Å². The van der Waals surface area contributed by atoms with Gasteiger partial charge in [-0.2, -0.15) is 0 Å². The van der Waals surface area contributed by atoms with Gasteiger partial charge in [-0.15, -0.1) is 0 Å². The van der Waals surface area contributed by atoms with E-state index in [0.717, 1.165) is 18.5 Å². The number of anilines is 1. The van der Waals surface area contributed by atoms with Gasteiger partial charge in [-0.1, -0.05) is 72.8 Å². The van der Waals surface area contributed by atoms with Crippen LogP contribution in [-0.4, -0.2) is 11.1 Å². The maximum Gasteiger partial charge on any atom is 0.138 e. The van der Waals surface area contributed by atoms with Crippen LogP contribution < -0.4 is 5.32 Å². The van der Waals surface area contributed by atoms with Crippen molar-refractivity contribution in [3.05, 3.63) is 96.1 Å². The third-order valence-electron chi connectivity index (χ3n) is 3.91. The van der Waals surface area contributed by atoms with E-state index in [0.29, 0.717) is 5.75 Å². The predicted molar refractivity (Wildman–Crippen MR) is 95.8 cm³/mol. The largest absolute Gasteiger partial charge is 0.506 e. The minimum absolute atomic E-state index is 0.216. The molecule has 0 radical (unpaired) electrons. The molecule has 0 saturated heterocycles. The van der Waals surface area contributed by atoms with Crippen molar-refractivity contribution in [3.63, 3.8) is 0 Å². The van der Waals surface area contributed by atoms with Gasteiger partial charge >= 0.3 is 0 Å². The Morgan fingerprint density at radius 2 is 1.13 bits per heavy atom. The SMILES string of the molecule is Oc1ccccc1NC(Cc1ccccc1)Cc1ccccc1. The minimum Gasteiger partial charge on any atom is -0.506 e. The smallest absolute Gasteiger partial charge is 0.138 e. The monoisotopic (exact) mass is 303 g/mol. The van der Waals surface area contributed by atoms with Crippen LogP contribution in [0.5, 0.6) is 5.75 Å². The van der Waals surface area contributed by atoms with Gasteiger partial charge in [0.2, 0.25) is 0 Å². The van der Waals surface area contributed by atoms with Crippen LogP contribution in [-0.2, 0) is 12.8 Å². The molecular weight excluding hydrogens is 282 g/mol. The fourth-order valence-corrected chi connectivity index (χ4v) is 2.79. The number of hydrogen-bond donors (Lipinski definition) is 2. The molecule has 0 saturated carbocycles. The summed E-state index contributed by atoms with van der Waals surface area (Å²) in [5.74, 6) is 0.290. The fourth-order valence-electron chi connectivity index (χ4n) is 2.79. The molecule has 3 aromatic rings. The van der Waals surface area contributed by atoms with Gasteiger partial charge in [0.15, 0.2) is 0 Å². The van der Waals surface area contributed by atoms with Gasteiger partial charge in [0.05, 0.1) is 5.69 Å². The number of benzene rings is 3. The summed E-state index contributed by atoms with van der Waals surface area (Å²) in [5, 5.41) is 13.5. The first-order chi connectivity index (χ1) is 11.3. The molecule has 2 N–H and O–H groups in total. The van der Waals surface area contributed by atoms with Gasteiger partial charge in [0.1, 0.15) is 5.75 Å². The Morgan fingerprint density at radius 3 is 1.65 bits per heavy atom. The molecule has 0 aliphatic rings. The maximum atomic E-state index is 10.0. The van der Waals surface area contributed by atoms with Crippen LogP contribution in [0.1, 0.15) is 11.1 Å². The molecule has 0 fully saturated rings. The molecule has 0 aromatic heterocycles. The molecular formula is C21H21NO. The van der Waals surface area contributed by atoms with Crippen LogP contribution in [0.3, 0.4) is 0 Å². The highest BCUT2D eigenvalue weighted by Crippen LogP contribution is 2.24. The quantitative estimate of drug-likeness (QED) is 0.649. The molecule has 0 aliphatic carbocycles. The van der Waals surface area contributed by atoms with Crippen LogP contribution in [0.2, 0.25) is 0 Å². The minimum atomic E-state index is 0.216. The second-order valence-electron chi connectivity index (χ2n) is 5.74. The van der Waals surface area contributed by atoms with E-state index in [4.69, 9.17) is 0 Å². The van der Waals surface area contributed by atoms with E-state index in [2.05, 4.69) is 53.8 Å². The number of para-hydroxylation sites is 2. The number of phenols is 1.